The van der Waals surface area contributed by atoms with Gasteiger partial charge in [-0.2, -0.15) is 0 Å². The molecule has 1 amide bonds. The van der Waals surface area contributed by atoms with E-state index in [0.29, 0.717) is 0 Å². The van der Waals surface area contributed by atoms with Crippen LogP contribution in [0.2, 0.25) is 0 Å². The Morgan fingerprint density at radius 2 is 2.20 bits per heavy atom. The van der Waals surface area contributed by atoms with Gasteiger partial charge in [0.25, 0.3) is 0 Å². The van der Waals surface area contributed by atoms with Gasteiger partial charge in [0.1, 0.15) is 0 Å². The van der Waals surface area contributed by atoms with Crippen molar-refractivity contribution in [3.05, 3.63) is 0 Å². The molecule has 2 fully saturated rings. The van der Waals surface area contributed by atoms with E-state index in [2.05, 4.69) is 5.32 Å². The zero-order chi connectivity index (χ0) is 10.9. The monoisotopic (exact) mass is 212 g/mol. The minimum absolute atomic E-state index is 0.0692. The number of nitrogens with zero attached hydrogens (tertiary/aromatic N) is 1. The van der Waals surface area contributed by atoms with Crippen molar-refractivity contribution >= 4 is 5.91 Å². The maximum Gasteiger partial charge on any atom is 0.239 e. The molecule has 1 aliphatic heterocycles. The first-order valence-electron chi connectivity index (χ1n) is 5.80. The molecule has 0 radical (unpaired) electrons. The first-order chi connectivity index (χ1) is 7.17. The van der Waals surface area contributed by atoms with Crippen LogP contribution in [0.5, 0.6) is 0 Å². The van der Waals surface area contributed by atoms with Crippen LogP contribution in [0.25, 0.3) is 0 Å². The Morgan fingerprint density at radius 3 is 2.67 bits per heavy atom. The van der Waals surface area contributed by atoms with Gasteiger partial charge in [-0.3, -0.25) is 10.1 Å². The van der Waals surface area contributed by atoms with Gasteiger partial charge in [-0.1, -0.05) is 12.8 Å². The molecule has 2 aliphatic rings. The third-order valence-electron chi connectivity index (χ3n) is 3.77. The number of aliphatic hydroxyl groups excluding tert-OH is 1. The summed E-state index contributed by atoms with van der Waals surface area (Å²) in [4.78, 5) is 13.5. The lowest BCUT2D eigenvalue weighted by molar-refractivity contribution is -0.128. The molecule has 0 aromatic rings. The van der Waals surface area contributed by atoms with Gasteiger partial charge in [0.15, 0.2) is 0 Å². The Morgan fingerprint density at radius 1 is 1.53 bits per heavy atom. The molecule has 1 saturated carbocycles. The van der Waals surface area contributed by atoms with Crippen LogP contribution in [0, 0.1) is 0 Å². The van der Waals surface area contributed by atoms with Crippen LogP contribution in [0.4, 0.5) is 0 Å². The predicted octanol–water partition coefficient (Wildman–Crippen LogP) is 0.112. The Kier molecular flexibility index (Phi) is 2.98. The van der Waals surface area contributed by atoms with E-state index in [1.54, 1.807) is 4.90 Å². The molecular formula is C11H20N2O2. The molecule has 1 unspecified atom stereocenters. The van der Waals surface area contributed by atoms with Gasteiger partial charge >= 0.3 is 0 Å². The molecule has 86 valence electrons. The number of nitrogens with one attached hydrogen (secondary N) is 1. The van der Waals surface area contributed by atoms with E-state index in [4.69, 9.17) is 0 Å². The third-order valence-corrected chi connectivity index (χ3v) is 3.77. The van der Waals surface area contributed by atoms with Gasteiger partial charge in [-0.15, -0.1) is 0 Å². The number of amides is 1. The highest BCUT2D eigenvalue weighted by Crippen LogP contribution is 2.30. The molecule has 4 heteroatoms. The minimum atomic E-state index is -0.175. The highest BCUT2D eigenvalue weighted by Gasteiger charge is 2.39. The lowest BCUT2D eigenvalue weighted by Crippen LogP contribution is -2.53. The van der Waals surface area contributed by atoms with Crippen molar-refractivity contribution in [3.63, 3.8) is 0 Å². The van der Waals surface area contributed by atoms with Gasteiger partial charge < -0.3 is 10.0 Å². The number of aliphatic hydroxyl groups is 1. The molecule has 0 bridgehead atoms. The number of carbonyl (C=O) groups is 1. The van der Waals surface area contributed by atoms with Crippen LogP contribution < -0.4 is 5.32 Å². The summed E-state index contributed by atoms with van der Waals surface area (Å²) < 4.78 is 0. The van der Waals surface area contributed by atoms with E-state index in [9.17, 15) is 9.90 Å². The topological polar surface area (TPSA) is 52.6 Å². The SMILES string of the molecule is CN1CCC(NC2(CO)CCCC2)C1=O. The van der Waals surface area contributed by atoms with Gasteiger partial charge in [-0.05, 0) is 19.3 Å². The van der Waals surface area contributed by atoms with E-state index < -0.39 is 0 Å². The standard InChI is InChI=1S/C11H20N2O2/c1-13-7-4-9(10(13)15)12-11(8-14)5-2-3-6-11/h9,12,14H,2-8H2,1H3. The quantitative estimate of drug-likeness (QED) is 0.698. The number of hydrogen-bond acceptors (Lipinski definition) is 3. The Hall–Kier alpha value is -0.610. The predicted molar refractivity (Wildman–Crippen MR) is 57.5 cm³/mol. The zero-order valence-electron chi connectivity index (χ0n) is 9.33. The second-order valence-electron chi connectivity index (χ2n) is 4.89. The van der Waals surface area contributed by atoms with Crippen molar-refractivity contribution in [1.82, 2.24) is 10.2 Å². The number of likely N-dealkylation sites (N-methyl/N-ethyl adjacent to an activating group) is 1. The molecule has 4 nitrogen and oxygen atoms in total. The number of rotatable bonds is 3. The first kappa shape index (κ1) is 10.9. The van der Waals surface area contributed by atoms with Crippen LogP contribution >= 0.6 is 0 Å². The van der Waals surface area contributed by atoms with Crippen molar-refractivity contribution in [2.24, 2.45) is 0 Å². The van der Waals surface area contributed by atoms with E-state index in [1.807, 2.05) is 7.05 Å². The molecule has 0 spiro atoms. The smallest absolute Gasteiger partial charge is 0.239 e. The van der Waals surface area contributed by atoms with Crippen molar-refractivity contribution in [2.75, 3.05) is 20.2 Å². The lowest BCUT2D eigenvalue weighted by atomic mass is 9.97. The fraction of sp³-hybridized carbons (Fsp3) is 0.909. The lowest BCUT2D eigenvalue weighted by Gasteiger charge is -2.30. The van der Waals surface area contributed by atoms with Crippen LogP contribution in [-0.2, 0) is 4.79 Å². The van der Waals surface area contributed by atoms with Crippen molar-refractivity contribution in [1.29, 1.82) is 0 Å². The van der Waals surface area contributed by atoms with Crippen molar-refractivity contribution in [2.45, 2.75) is 43.7 Å². The summed E-state index contributed by atoms with van der Waals surface area (Å²) in [5.41, 5.74) is -0.175. The summed E-state index contributed by atoms with van der Waals surface area (Å²) in [5.74, 6) is 0.176. The fourth-order valence-corrected chi connectivity index (χ4v) is 2.73. The molecular weight excluding hydrogens is 192 g/mol. The molecule has 15 heavy (non-hydrogen) atoms. The van der Waals surface area contributed by atoms with Gasteiger partial charge in [0, 0.05) is 19.1 Å². The summed E-state index contributed by atoms with van der Waals surface area (Å²) in [5, 5.41) is 12.8. The number of hydrogen-bond donors (Lipinski definition) is 2. The average molecular weight is 212 g/mol. The second-order valence-corrected chi connectivity index (χ2v) is 4.89. The van der Waals surface area contributed by atoms with Crippen LogP contribution in [0.15, 0.2) is 0 Å². The summed E-state index contributed by atoms with van der Waals surface area (Å²) in [6.07, 6.45) is 5.18. The van der Waals surface area contributed by atoms with Gasteiger partial charge in [-0.25, -0.2) is 0 Å². The first-order valence-corrected chi connectivity index (χ1v) is 5.80. The van der Waals surface area contributed by atoms with Gasteiger partial charge in [0.05, 0.1) is 12.6 Å². The maximum atomic E-state index is 11.7. The molecule has 1 heterocycles. The maximum absolute atomic E-state index is 11.7. The largest absolute Gasteiger partial charge is 0.394 e. The number of likely N-dealkylation sites (tertiary alicyclic amines) is 1. The van der Waals surface area contributed by atoms with Crippen molar-refractivity contribution in [3.8, 4) is 0 Å². The fourth-order valence-electron chi connectivity index (χ4n) is 2.73. The van der Waals surface area contributed by atoms with Gasteiger partial charge in [0.2, 0.25) is 5.91 Å². The average Bonchev–Trinajstić information content (AvgIpc) is 2.82. The van der Waals surface area contributed by atoms with Crippen LogP contribution in [-0.4, -0.2) is 47.7 Å². The summed E-state index contributed by atoms with van der Waals surface area (Å²) >= 11 is 0. The molecule has 1 aliphatic carbocycles. The second kappa shape index (κ2) is 4.10. The Labute approximate surface area is 90.6 Å². The minimum Gasteiger partial charge on any atom is -0.394 e. The Balaban J connectivity index is 1.98. The molecule has 2 N–H and O–H groups in total. The van der Waals surface area contributed by atoms with E-state index in [-0.39, 0.29) is 24.1 Å². The Bertz CT molecular complexity index is 249. The highest BCUT2D eigenvalue weighted by molar-refractivity contribution is 5.83. The molecule has 2 rings (SSSR count). The summed E-state index contributed by atoms with van der Waals surface area (Å²) in [6, 6.07) is -0.0692. The molecule has 1 saturated heterocycles. The third kappa shape index (κ3) is 2.01. The zero-order valence-corrected chi connectivity index (χ0v) is 9.33. The van der Waals surface area contributed by atoms with E-state index in [1.165, 1.54) is 0 Å². The van der Waals surface area contributed by atoms with E-state index in [0.717, 1.165) is 38.6 Å². The number of carbonyl (C=O) groups excluding carboxylic acids is 1. The molecule has 0 aromatic carbocycles. The van der Waals surface area contributed by atoms with E-state index >= 15 is 0 Å². The molecule has 0 aromatic heterocycles. The highest BCUT2D eigenvalue weighted by atomic mass is 16.3. The summed E-state index contributed by atoms with van der Waals surface area (Å²) in [6.45, 7) is 0.985. The molecule has 1 atom stereocenters. The van der Waals surface area contributed by atoms with Crippen molar-refractivity contribution < 1.29 is 9.90 Å². The normalized spacial score (nSPS) is 30.1. The van der Waals surface area contributed by atoms with Crippen LogP contribution in [0.3, 0.4) is 0 Å². The summed E-state index contributed by atoms with van der Waals surface area (Å²) in [7, 11) is 1.84. The van der Waals surface area contributed by atoms with Crippen LogP contribution in [0.1, 0.15) is 32.1 Å².